The zero-order valence-electron chi connectivity index (χ0n) is 12.2. The van der Waals surface area contributed by atoms with Crippen LogP contribution in [0.3, 0.4) is 0 Å². The van der Waals surface area contributed by atoms with Crippen LogP contribution in [0.1, 0.15) is 43.8 Å². The lowest BCUT2D eigenvalue weighted by atomic mass is 10.1. The van der Waals surface area contributed by atoms with Crippen LogP contribution in [0, 0.1) is 0 Å². The molecule has 1 N–H and O–H groups in total. The fraction of sp³-hybridized carbons (Fsp3) is 0.571. The highest BCUT2D eigenvalue weighted by Gasteiger charge is 2.19. The molecule has 0 bridgehead atoms. The van der Waals surface area contributed by atoms with Gasteiger partial charge in [0.15, 0.2) is 0 Å². The minimum Gasteiger partial charge on any atom is -0.388 e. The number of halogens is 1. The Balaban J connectivity index is 2.22. The summed E-state index contributed by atoms with van der Waals surface area (Å²) in [6.07, 6.45) is 4.49. The first kappa shape index (κ1) is 15.3. The molecular weight excluding hydrogens is 320 g/mol. The predicted octanol–water partition coefficient (Wildman–Crippen LogP) is 2.72. The second kappa shape index (κ2) is 6.54. The van der Waals surface area contributed by atoms with Gasteiger partial charge in [0, 0.05) is 31.3 Å². The van der Waals surface area contributed by atoms with Crippen LogP contribution in [-0.4, -0.2) is 24.7 Å². The first-order valence-electron chi connectivity index (χ1n) is 7.05. The Kier molecular flexibility index (Phi) is 4.99. The summed E-state index contributed by atoms with van der Waals surface area (Å²) in [4.78, 5) is 0. The summed E-state index contributed by atoms with van der Waals surface area (Å²) in [7, 11) is 0. The van der Waals surface area contributed by atoms with E-state index >= 15 is 0 Å². The Morgan fingerprint density at radius 3 is 2.60 bits per heavy atom. The number of aromatic nitrogens is 4. The standard InChI is InChI=1S/C14H21BrN4O/c1-4-11-14(15)12(19(6-3)17-11)7-13(20)10-8-16-18(5-2)9-10/h8-9,13,20H,4-7H2,1-3H3. The van der Waals surface area contributed by atoms with Gasteiger partial charge in [-0.3, -0.25) is 9.36 Å². The summed E-state index contributed by atoms with van der Waals surface area (Å²) in [6, 6.07) is 0. The van der Waals surface area contributed by atoms with Crippen LogP contribution < -0.4 is 0 Å². The van der Waals surface area contributed by atoms with Crippen molar-refractivity contribution in [2.75, 3.05) is 0 Å². The Morgan fingerprint density at radius 1 is 1.30 bits per heavy atom. The van der Waals surface area contributed by atoms with Crippen LogP contribution >= 0.6 is 15.9 Å². The second-order valence-corrected chi connectivity index (χ2v) is 5.52. The van der Waals surface area contributed by atoms with Crippen molar-refractivity contribution >= 4 is 15.9 Å². The molecule has 6 heteroatoms. The molecule has 110 valence electrons. The highest BCUT2D eigenvalue weighted by molar-refractivity contribution is 9.10. The molecule has 0 aliphatic carbocycles. The van der Waals surface area contributed by atoms with E-state index in [0.717, 1.165) is 40.9 Å². The molecule has 0 fully saturated rings. The topological polar surface area (TPSA) is 55.9 Å². The molecule has 2 aromatic heterocycles. The number of aryl methyl sites for hydroxylation is 3. The molecule has 0 spiro atoms. The van der Waals surface area contributed by atoms with Crippen molar-refractivity contribution in [2.24, 2.45) is 0 Å². The van der Waals surface area contributed by atoms with Crippen molar-refractivity contribution in [1.29, 1.82) is 0 Å². The molecular formula is C14H21BrN4O. The van der Waals surface area contributed by atoms with E-state index in [2.05, 4.69) is 40.0 Å². The van der Waals surface area contributed by atoms with Gasteiger partial charge in [-0.1, -0.05) is 6.92 Å². The minimum atomic E-state index is -0.557. The Morgan fingerprint density at radius 2 is 2.05 bits per heavy atom. The Bertz CT molecular complexity index is 576. The number of aliphatic hydroxyl groups excluding tert-OH is 1. The third-order valence-electron chi connectivity index (χ3n) is 3.44. The third-order valence-corrected chi connectivity index (χ3v) is 4.36. The maximum Gasteiger partial charge on any atom is 0.0876 e. The van der Waals surface area contributed by atoms with Crippen molar-refractivity contribution < 1.29 is 5.11 Å². The first-order chi connectivity index (χ1) is 9.60. The fourth-order valence-corrected chi connectivity index (χ4v) is 2.96. The average Bonchev–Trinajstić information content (AvgIpc) is 3.05. The van der Waals surface area contributed by atoms with E-state index in [4.69, 9.17) is 0 Å². The molecule has 0 aliphatic rings. The molecule has 0 saturated heterocycles. The summed E-state index contributed by atoms with van der Waals surface area (Å²) >= 11 is 3.61. The van der Waals surface area contributed by atoms with Gasteiger partial charge < -0.3 is 5.11 Å². The molecule has 0 amide bonds. The summed E-state index contributed by atoms with van der Waals surface area (Å²) in [5.74, 6) is 0. The minimum absolute atomic E-state index is 0.539. The molecule has 0 aliphatic heterocycles. The fourth-order valence-electron chi connectivity index (χ4n) is 2.24. The average molecular weight is 341 g/mol. The highest BCUT2D eigenvalue weighted by atomic mass is 79.9. The predicted molar refractivity (Wildman–Crippen MR) is 81.5 cm³/mol. The summed E-state index contributed by atoms with van der Waals surface area (Å²) in [5.41, 5.74) is 2.93. The molecule has 2 heterocycles. The van der Waals surface area contributed by atoms with Gasteiger partial charge in [0.25, 0.3) is 0 Å². The maximum atomic E-state index is 10.4. The number of nitrogens with zero attached hydrogens (tertiary/aromatic N) is 4. The van der Waals surface area contributed by atoms with Crippen LogP contribution in [0.5, 0.6) is 0 Å². The lowest BCUT2D eigenvalue weighted by molar-refractivity contribution is 0.175. The van der Waals surface area contributed by atoms with E-state index in [0.29, 0.717) is 6.42 Å². The molecule has 2 aromatic rings. The van der Waals surface area contributed by atoms with Crippen LogP contribution in [-0.2, 0) is 25.9 Å². The van der Waals surface area contributed by atoms with Gasteiger partial charge in [0.05, 0.1) is 28.2 Å². The smallest absolute Gasteiger partial charge is 0.0876 e. The van der Waals surface area contributed by atoms with Crippen molar-refractivity contribution in [3.05, 3.63) is 33.8 Å². The van der Waals surface area contributed by atoms with Gasteiger partial charge in [0.2, 0.25) is 0 Å². The van der Waals surface area contributed by atoms with Gasteiger partial charge in [0.1, 0.15) is 0 Å². The highest BCUT2D eigenvalue weighted by Crippen LogP contribution is 2.27. The summed E-state index contributed by atoms with van der Waals surface area (Å²) in [6.45, 7) is 7.78. The number of aliphatic hydroxyl groups is 1. The van der Waals surface area contributed by atoms with E-state index in [1.54, 1.807) is 6.20 Å². The summed E-state index contributed by atoms with van der Waals surface area (Å²) < 4.78 is 4.79. The number of hydrogen-bond acceptors (Lipinski definition) is 3. The van der Waals surface area contributed by atoms with Gasteiger partial charge in [-0.25, -0.2) is 0 Å². The monoisotopic (exact) mass is 340 g/mol. The first-order valence-corrected chi connectivity index (χ1v) is 7.84. The van der Waals surface area contributed by atoms with Crippen molar-refractivity contribution in [2.45, 2.75) is 52.8 Å². The van der Waals surface area contributed by atoms with Crippen LogP contribution in [0.2, 0.25) is 0 Å². The molecule has 0 saturated carbocycles. The normalized spacial score (nSPS) is 12.8. The van der Waals surface area contributed by atoms with Crippen LogP contribution in [0.4, 0.5) is 0 Å². The van der Waals surface area contributed by atoms with Gasteiger partial charge in [-0.15, -0.1) is 0 Å². The maximum absolute atomic E-state index is 10.4. The Hall–Kier alpha value is -1.14. The number of rotatable bonds is 6. The van der Waals surface area contributed by atoms with E-state index in [1.165, 1.54) is 0 Å². The van der Waals surface area contributed by atoms with Crippen LogP contribution in [0.25, 0.3) is 0 Å². The molecule has 1 unspecified atom stereocenters. The second-order valence-electron chi connectivity index (χ2n) is 4.73. The molecule has 2 rings (SSSR count). The lowest BCUT2D eigenvalue weighted by Crippen LogP contribution is -2.08. The lowest BCUT2D eigenvalue weighted by Gasteiger charge is -2.10. The van der Waals surface area contributed by atoms with Crippen molar-refractivity contribution in [1.82, 2.24) is 19.6 Å². The van der Waals surface area contributed by atoms with Gasteiger partial charge in [-0.05, 0) is 36.2 Å². The van der Waals surface area contributed by atoms with Crippen LogP contribution in [0.15, 0.2) is 16.9 Å². The zero-order chi connectivity index (χ0) is 14.7. The third kappa shape index (κ3) is 2.96. The van der Waals surface area contributed by atoms with Crippen molar-refractivity contribution in [3.63, 3.8) is 0 Å². The SMILES string of the molecule is CCc1nn(CC)c(CC(O)c2cnn(CC)c2)c1Br. The number of hydrogen-bond donors (Lipinski definition) is 1. The molecule has 0 radical (unpaired) electrons. The van der Waals surface area contributed by atoms with E-state index in [9.17, 15) is 5.11 Å². The zero-order valence-corrected chi connectivity index (χ0v) is 13.8. The van der Waals surface area contributed by atoms with Gasteiger partial charge >= 0.3 is 0 Å². The largest absolute Gasteiger partial charge is 0.388 e. The van der Waals surface area contributed by atoms with E-state index in [1.807, 2.05) is 22.5 Å². The molecule has 20 heavy (non-hydrogen) atoms. The molecule has 1 atom stereocenters. The Labute approximate surface area is 127 Å². The van der Waals surface area contributed by atoms with Gasteiger partial charge in [-0.2, -0.15) is 10.2 Å². The van der Waals surface area contributed by atoms with E-state index in [-0.39, 0.29) is 0 Å². The molecule has 5 nitrogen and oxygen atoms in total. The van der Waals surface area contributed by atoms with Crippen molar-refractivity contribution in [3.8, 4) is 0 Å². The summed E-state index contributed by atoms with van der Waals surface area (Å²) in [5, 5.41) is 19.2. The molecule has 0 aromatic carbocycles. The van der Waals surface area contributed by atoms with E-state index < -0.39 is 6.10 Å². The quantitative estimate of drug-likeness (QED) is 0.879.